The van der Waals surface area contributed by atoms with Crippen LogP contribution in [0.5, 0.6) is 5.75 Å². The number of aromatic nitrogens is 2. The van der Waals surface area contributed by atoms with Gasteiger partial charge in [0.05, 0.1) is 17.8 Å². The van der Waals surface area contributed by atoms with Crippen LogP contribution >= 0.6 is 11.6 Å². The van der Waals surface area contributed by atoms with Gasteiger partial charge in [-0.15, -0.1) is 0 Å². The molecule has 0 fully saturated rings. The number of carbonyl (C=O) groups is 1. The van der Waals surface area contributed by atoms with Crippen LogP contribution in [0.4, 0.5) is 27.6 Å². The van der Waals surface area contributed by atoms with E-state index in [-0.39, 0.29) is 11.5 Å². The Balaban J connectivity index is 1.41. The zero-order valence-corrected chi connectivity index (χ0v) is 17.7. The first-order valence-electron chi connectivity index (χ1n) is 9.54. The number of furan rings is 1. The van der Waals surface area contributed by atoms with Crippen molar-refractivity contribution in [2.24, 2.45) is 0 Å². The van der Waals surface area contributed by atoms with Gasteiger partial charge in [0.2, 0.25) is 29.1 Å². The summed E-state index contributed by atoms with van der Waals surface area (Å²) in [6.07, 6.45) is 3.14. The molecule has 0 unspecified atom stereocenters. The fourth-order valence-electron chi connectivity index (χ4n) is 2.98. The summed E-state index contributed by atoms with van der Waals surface area (Å²) in [5.74, 6) is -13.1. The monoisotopic (exact) mass is 497 g/mol. The molecule has 34 heavy (non-hydrogen) atoms. The van der Waals surface area contributed by atoms with Gasteiger partial charge in [0, 0.05) is 11.9 Å². The second-order valence-electron chi connectivity index (χ2n) is 6.96. The zero-order valence-electron chi connectivity index (χ0n) is 16.9. The Kier molecular flexibility index (Phi) is 6.55. The summed E-state index contributed by atoms with van der Waals surface area (Å²) in [6.45, 7) is -0.274. The van der Waals surface area contributed by atoms with Crippen molar-refractivity contribution in [1.29, 1.82) is 0 Å². The van der Waals surface area contributed by atoms with Crippen LogP contribution in [0.3, 0.4) is 0 Å². The highest BCUT2D eigenvalue weighted by Gasteiger charge is 2.27. The molecule has 2 aromatic heterocycles. The lowest BCUT2D eigenvalue weighted by Gasteiger charge is -2.09. The van der Waals surface area contributed by atoms with E-state index in [0.717, 1.165) is 5.56 Å². The minimum Gasteiger partial charge on any atom is -0.479 e. The molecule has 0 bridgehead atoms. The highest BCUT2D eigenvalue weighted by atomic mass is 35.5. The van der Waals surface area contributed by atoms with E-state index in [1.165, 1.54) is 18.3 Å². The number of nitrogens with zero attached hydrogens (tertiary/aromatic N) is 2. The summed E-state index contributed by atoms with van der Waals surface area (Å²) in [5, 5.41) is 7.19. The topological polar surface area (TPSA) is 69.3 Å². The molecule has 0 aliphatic rings. The van der Waals surface area contributed by atoms with Crippen molar-refractivity contribution in [3.63, 3.8) is 0 Å². The number of benzene rings is 2. The van der Waals surface area contributed by atoms with E-state index >= 15 is 0 Å². The van der Waals surface area contributed by atoms with Crippen LogP contribution in [0, 0.1) is 29.1 Å². The van der Waals surface area contributed by atoms with E-state index in [9.17, 15) is 26.7 Å². The second-order valence-corrected chi connectivity index (χ2v) is 7.40. The second kappa shape index (κ2) is 9.56. The van der Waals surface area contributed by atoms with E-state index in [4.69, 9.17) is 20.8 Å². The molecule has 2 heterocycles. The largest absolute Gasteiger partial charge is 0.479 e. The van der Waals surface area contributed by atoms with Crippen molar-refractivity contribution in [1.82, 2.24) is 9.78 Å². The Morgan fingerprint density at radius 2 is 1.74 bits per heavy atom. The van der Waals surface area contributed by atoms with Gasteiger partial charge >= 0.3 is 0 Å². The van der Waals surface area contributed by atoms with Crippen LogP contribution in [0.25, 0.3) is 0 Å². The van der Waals surface area contributed by atoms with Crippen LogP contribution in [0.2, 0.25) is 5.02 Å². The van der Waals surface area contributed by atoms with Gasteiger partial charge in [-0.3, -0.25) is 9.48 Å². The molecule has 1 amide bonds. The average molecular weight is 498 g/mol. The average Bonchev–Trinajstić information content (AvgIpc) is 3.45. The molecular formula is C22H13ClF5N3O3. The maximum atomic E-state index is 13.7. The quantitative estimate of drug-likeness (QED) is 0.202. The summed E-state index contributed by atoms with van der Waals surface area (Å²) in [4.78, 5) is 12.5. The maximum Gasteiger partial charge on any atom is 0.291 e. The van der Waals surface area contributed by atoms with Gasteiger partial charge in [0.25, 0.3) is 5.91 Å². The molecule has 2 aromatic carbocycles. The van der Waals surface area contributed by atoms with Gasteiger partial charge in [0.15, 0.2) is 11.5 Å². The maximum absolute atomic E-state index is 13.7. The van der Waals surface area contributed by atoms with Crippen LogP contribution in [0.15, 0.2) is 53.2 Å². The lowest BCUT2D eigenvalue weighted by atomic mass is 10.2. The van der Waals surface area contributed by atoms with Crippen LogP contribution < -0.4 is 10.1 Å². The summed E-state index contributed by atoms with van der Waals surface area (Å²) in [5.41, 5.74) is 1.28. The molecule has 0 aliphatic heterocycles. The molecule has 0 saturated carbocycles. The van der Waals surface area contributed by atoms with Crippen LogP contribution in [0.1, 0.15) is 21.9 Å². The van der Waals surface area contributed by atoms with E-state index in [1.54, 1.807) is 29.1 Å². The molecule has 12 heteroatoms. The Morgan fingerprint density at radius 3 is 2.41 bits per heavy atom. The summed E-state index contributed by atoms with van der Waals surface area (Å²) in [6, 6.07) is 9.44. The standard InChI is InChI=1S/C22H13ClF5N3O3/c23-12-7-29-31(9-12)8-11-2-1-3-13(6-11)30-22(32)15-5-4-14(34-15)10-33-21-19(27)17(25)16(24)18(26)20(21)28/h1-7,9H,8,10H2,(H,30,32). The number of hydrogen-bond donors (Lipinski definition) is 1. The fourth-order valence-corrected chi connectivity index (χ4v) is 3.14. The molecular weight excluding hydrogens is 485 g/mol. The fraction of sp³-hybridized carbons (Fsp3) is 0.0909. The van der Waals surface area contributed by atoms with Crippen molar-refractivity contribution in [3.05, 3.63) is 100.0 Å². The molecule has 4 aromatic rings. The molecule has 0 saturated heterocycles. The number of halogens is 6. The van der Waals surface area contributed by atoms with Crippen molar-refractivity contribution in [2.45, 2.75) is 13.2 Å². The molecule has 0 radical (unpaired) electrons. The van der Waals surface area contributed by atoms with Crippen molar-refractivity contribution < 1.29 is 35.9 Å². The lowest BCUT2D eigenvalue weighted by molar-refractivity contribution is 0.0992. The summed E-state index contributed by atoms with van der Waals surface area (Å²) in [7, 11) is 0. The van der Waals surface area contributed by atoms with E-state index in [0.29, 0.717) is 17.3 Å². The van der Waals surface area contributed by atoms with Crippen molar-refractivity contribution in [3.8, 4) is 5.75 Å². The van der Waals surface area contributed by atoms with Gasteiger partial charge in [-0.2, -0.15) is 13.9 Å². The van der Waals surface area contributed by atoms with Crippen LogP contribution in [-0.4, -0.2) is 15.7 Å². The zero-order chi connectivity index (χ0) is 24.4. The number of ether oxygens (including phenoxy) is 1. The summed E-state index contributed by atoms with van der Waals surface area (Å²) < 4.78 is 78.6. The Bertz CT molecular complexity index is 1340. The SMILES string of the molecule is O=C(Nc1cccc(Cn2cc(Cl)cn2)c1)c1ccc(COc2c(F)c(F)c(F)c(F)c2F)o1. The van der Waals surface area contributed by atoms with Crippen LogP contribution in [-0.2, 0) is 13.2 Å². The van der Waals surface area contributed by atoms with Gasteiger partial charge in [-0.1, -0.05) is 23.7 Å². The third-order valence-corrected chi connectivity index (χ3v) is 4.74. The highest BCUT2D eigenvalue weighted by Crippen LogP contribution is 2.30. The smallest absolute Gasteiger partial charge is 0.291 e. The van der Waals surface area contributed by atoms with E-state index < -0.39 is 47.3 Å². The predicted octanol–water partition coefficient (Wildman–Crippen LogP) is 5.70. The van der Waals surface area contributed by atoms with Gasteiger partial charge in [-0.05, 0) is 29.8 Å². The van der Waals surface area contributed by atoms with Gasteiger partial charge in [0.1, 0.15) is 12.4 Å². The normalized spacial score (nSPS) is 11.0. The molecule has 1 N–H and O–H groups in total. The van der Waals surface area contributed by atoms with Crippen molar-refractivity contribution in [2.75, 3.05) is 5.32 Å². The third-order valence-electron chi connectivity index (χ3n) is 4.54. The third kappa shape index (κ3) is 4.88. The first-order valence-corrected chi connectivity index (χ1v) is 9.92. The molecule has 176 valence electrons. The van der Waals surface area contributed by atoms with E-state index in [1.807, 2.05) is 6.07 Å². The molecule has 0 spiro atoms. The number of amides is 1. The van der Waals surface area contributed by atoms with Gasteiger partial charge in [-0.25, -0.2) is 13.2 Å². The Morgan fingerprint density at radius 1 is 1.03 bits per heavy atom. The Labute approximate surface area is 193 Å². The number of anilines is 1. The molecule has 0 aliphatic carbocycles. The Hall–Kier alpha value is -3.86. The number of rotatable bonds is 7. The molecule has 4 rings (SSSR count). The van der Waals surface area contributed by atoms with Crippen molar-refractivity contribution >= 4 is 23.2 Å². The number of hydrogen-bond acceptors (Lipinski definition) is 4. The van der Waals surface area contributed by atoms with E-state index in [2.05, 4.69) is 10.4 Å². The number of carbonyl (C=O) groups excluding carboxylic acids is 1. The molecule has 0 atom stereocenters. The minimum atomic E-state index is -2.29. The first kappa shape index (κ1) is 23.3. The molecule has 6 nitrogen and oxygen atoms in total. The summed E-state index contributed by atoms with van der Waals surface area (Å²) >= 11 is 5.84. The first-order chi connectivity index (χ1) is 16.2. The predicted molar refractivity (Wildman–Crippen MR) is 110 cm³/mol. The van der Waals surface area contributed by atoms with Gasteiger partial charge < -0.3 is 14.5 Å². The lowest BCUT2D eigenvalue weighted by Crippen LogP contribution is -2.11. The minimum absolute atomic E-state index is 0.0848. The number of nitrogens with one attached hydrogen (secondary N) is 1. The highest BCUT2D eigenvalue weighted by molar-refractivity contribution is 6.30.